The number of para-hydroxylation sites is 1. The lowest BCUT2D eigenvalue weighted by Crippen LogP contribution is -2.70. The SMILES string of the molecule is CC(=O)OCC1=C(C(=O)O)N2C(=O)C(NC(=O)c3cc(N4CCOCC4)c4ccccc4n3)C2SC1. The molecule has 5 rings (SSSR count). The lowest BCUT2D eigenvalue weighted by atomic mass is 10.0. The molecule has 3 aliphatic rings. The van der Waals surface area contributed by atoms with E-state index < -0.39 is 35.2 Å². The Bertz CT molecular complexity index is 1290. The number of carbonyl (C=O) groups excluding carboxylic acids is 3. The van der Waals surface area contributed by atoms with E-state index >= 15 is 0 Å². The summed E-state index contributed by atoms with van der Waals surface area (Å²) in [6, 6.07) is 8.37. The number of nitrogens with zero attached hydrogens (tertiary/aromatic N) is 3. The fraction of sp³-hybridized carbons (Fsp3) is 0.375. The zero-order chi connectivity index (χ0) is 25.4. The van der Waals surface area contributed by atoms with Crippen molar-refractivity contribution in [1.29, 1.82) is 0 Å². The molecule has 1 aromatic heterocycles. The Labute approximate surface area is 210 Å². The molecule has 0 spiro atoms. The summed E-state index contributed by atoms with van der Waals surface area (Å²) >= 11 is 1.31. The number of pyridine rings is 1. The van der Waals surface area contributed by atoms with Crippen molar-refractivity contribution >= 4 is 52.1 Å². The van der Waals surface area contributed by atoms with Crippen LogP contribution in [0.5, 0.6) is 0 Å². The highest BCUT2D eigenvalue weighted by atomic mass is 32.2. The van der Waals surface area contributed by atoms with Crippen molar-refractivity contribution in [3.8, 4) is 0 Å². The quantitative estimate of drug-likeness (QED) is 0.426. The molecule has 36 heavy (non-hydrogen) atoms. The number of carboxylic acids is 1. The number of ether oxygens (including phenoxy) is 2. The van der Waals surface area contributed by atoms with Gasteiger partial charge < -0.3 is 24.8 Å². The second-order valence-electron chi connectivity index (χ2n) is 8.54. The van der Waals surface area contributed by atoms with Crippen LogP contribution in [-0.4, -0.2) is 88.8 Å². The lowest BCUT2D eigenvalue weighted by Gasteiger charge is -2.49. The number of hydrogen-bond donors (Lipinski definition) is 2. The monoisotopic (exact) mass is 512 g/mol. The first-order chi connectivity index (χ1) is 17.3. The van der Waals surface area contributed by atoms with Crippen LogP contribution in [0.2, 0.25) is 0 Å². The van der Waals surface area contributed by atoms with Crippen molar-refractivity contribution in [1.82, 2.24) is 15.2 Å². The van der Waals surface area contributed by atoms with Crippen molar-refractivity contribution in [2.75, 3.05) is 43.6 Å². The molecule has 11 nitrogen and oxygen atoms in total. The highest BCUT2D eigenvalue weighted by Gasteiger charge is 2.54. The van der Waals surface area contributed by atoms with Gasteiger partial charge in [-0.1, -0.05) is 18.2 Å². The van der Waals surface area contributed by atoms with E-state index in [1.54, 1.807) is 6.07 Å². The van der Waals surface area contributed by atoms with Gasteiger partial charge in [0.25, 0.3) is 11.8 Å². The number of rotatable bonds is 6. The third kappa shape index (κ3) is 4.37. The van der Waals surface area contributed by atoms with Gasteiger partial charge in [0.15, 0.2) is 0 Å². The number of nitrogens with one attached hydrogen (secondary N) is 1. The fourth-order valence-electron chi connectivity index (χ4n) is 4.54. The molecule has 2 atom stereocenters. The zero-order valence-corrected chi connectivity index (χ0v) is 20.2. The van der Waals surface area contributed by atoms with Gasteiger partial charge in [0.05, 0.1) is 18.7 Å². The number of thioether (sulfide) groups is 1. The van der Waals surface area contributed by atoms with Gasteiger partial charge in [-0.15, -0.1) is 11.8 Å². The lowest BCUT2D eigenvalue weighted by molar-refractivity contribution is -0.149. The average Bonchev–Trinajstić information content (AvgIpc) is 2.89. The van der Waals surface area contributed by atoms with E-state index in [-0.39, 0.29) is 23.8 Å². The van der Waals surface area contributed by atoms with Gasteiger partial charge in [0.2, 0.25) is 0 Å². The van der Waals surface area contributed by atoms with E-state index in [9.17, 15) is 24.3 Å². The van der Waals surface area contributed by atoms with Gasteiger partial charge in [0, 0.05) is 42.4 Å². The summed E-state index contributed by atoms with van der Waals surface area (Å²) in [5, 5.41) is 12.8. The second kappa shape index (κ2) is 9.78. The van der Waals surface area contributed by atoms with Crippen LogP contribution in [0.3, 0.4) is 0 Å². The smallest absolute Gasteiger partial charge is 0.352 e. The molecular weight excluding hydrogens is 488 g/mol. The minimum Gasteiger partial charge on any atom is -0.477 e. The first-order valence-corrected chi connectivity index (χ1v) is 12.5. The first-order valence-electron chi connectivity index (χ1n) is 11.4. The molecule has 12 heteroatoms. The van der Waals surface area contributed by atoms with Gasteiger partial charge in [-0.05, 0) is 12.1 Å². The molecule has 2 fully saturated rings. The van der Waals surface area contributed by atoms with Crippen LogP contribution in [0.1, 0.15) is 17.4 Å². The molecule has 0 radical (unpaired) electrons. The van der Waals surface area contributed by atoms with Crippen molar-refractivity contribution in [2.24, 2.45) is 0 Å². The highest BCUT2D eigenvalue weighted by molar-refractivity contribution is 8.00. The first kappa shape index (κ1) is 24.1. The number of anilines is 1. The summed E-state index contributed by atoms with van der Waals surface area (Å²) in [5.74, 6) is -2.62. The Morgan fingerprint density at radius 1 is 1.25 bits per heavy atom. The number of benzene rings is 1. The maximum atomic E-state index is 13.2. The molecule has 4 heterocycles. The maximum Gasteiger partial charge on any atom is 0.352 e. The summed E-state index contributed by atoms with van der Waals surface area (Å²) < 4.78 is 10.4. The summed E-state index contributed by atoms with van der Waals surface area (Å²) in [6.45, 7) is 3.56. The van der Waals surface area contributed by atoms with Crippen LogP contribution in [-0.2, 0) is 23.9 Å². The molecule has 0 bridgehead atoms. The predicted molar refractivity (Wildman–Crippen MR) is 130 cm³/mol. The second-order valence-corrected chi connectivity index (χ2v) is 9.65. The number of aromatic nitrogens is 1. The summed E-state index contributed by atoms with van der Waals surface area (Å²) in [5.41, 5.74) is 1.84. The highest BCUT2D eigenvalue weighted by Crippen LogP contribution is 2.40. The summed E-state index contributed by atoms with van der Waals surface area (Å²) in [6.07, 6.45) is 0. The maximum absolute atomic E-state index is 13.2. The van der Waals surface area contributed by atoms with E-state index in [4.69, 9.17) is 9.47 Å². The molecule has 2 aromatic rings. The van der Waals surface area contributed by atoms with Crippen molar-refractivity contribution in [2.45, 2.75) is 18.3 Å². The Morgan fingerprint density at radius 2 is 2.00 bits per heavy atom. The summed E-state index contributed by atoms with van der Waals surface area (Å²) in [7, 11) is 0. The third-order valence-corrected chi connectivity index (χ3v) is 7.60. The minimum atomic E-state index is -1.29. The van der Waals surface area contributed by atoms with Crippen molar-refractivity contribution in [3.63, 3.8) is 0 Å². The number of morpholine rings is 1. The van der Waals surface area contributed by atoms with Crippen LogP contribution in [0.15, 0.2) is 41.6 Å². The van der Waals surface area contributed by atoms with Crippen LogP contribution in [0, 0.1) is 0 Å². The molecule has 2 N–H and O–H groups in total. The topological polar surface area (TPSA) is 138 Å². The molecule has 2 saturated heterocycles. The Balaban J connectivity index is 1.38. The van der Waals surface area contributed by atoms with E-state index in [0.29, 0.717) is 37.4 Å². The molecule has 1 aromatic carbocycles. The fourth-order valence-corrected chi connectivity index (χ4v) is 5.86. The van der Waals surface area contributed by atoms with Gasteiger partial charge >= 0.3 is 11.9 Å². The van der Waals surface area contributed by atoms with Crippen LogP contribution < -0.4 is 10.2 Å². The van der Waals surface area contributed by atoms with Crippen molar-refractivity contribution in [3.05, 3.63) is 47.3 Å². The number of carboxylic acid groups (broad SMARTS) is 1. The number of aliphatic carboxylic acids is 1. The number of esters is 1. The van der Waals surface area contributed by atoms with Crippen LogP contribution >= 0.6 is 11.8 Å². The molecule has 3 aliphatic heterocycles. The Kier molecular flexibility index (Phi) is 6.54. The molecule has 2 amide bonds. The largest absolute Gasteiger partial charge is 0.477 e. The molecule has 0 aliphatic carbocycles. The molecular formula is C24H24N4O7S. The number of hydrogen-bond acceptors (Lipinski definition) is 9. The van der Waals surface area contributed by atoms with E-state index in [0.717, 1.165) is 16.0 Å². The van der Waals surface area contributed by atoms with E-state index in [1.807, 2.05) is 24.3 Å². The summed E-state index contributed by atoms with van der Waals surface area (Å²) in [4.78, 5) is 57.0. The molecule has 188 valence electrons. The van der Waals surface area contributed by atoms with Crippen LogP contribution in [0.4, 0.5) is 5.69 Å². The Morgan fingerprint density at radius 3 is 2.72 bits per heavy atom. The number of amides is 2. The molecule has 0 saturated carbocycles. The number of carbonyl (C=O) groups is 4. The zero-order valence-electron chi connectivity index (χ0n) is 19.4. The molecule has 2 unspecified atom stereocenters. The average molecular weight is 513 g/mol. The van der Waals surface area contributed by atoms with E-state index in [1.165, 1.54) is 18.7 Å². The Hall–Kier alpha value is -3.64. The van der Waals surface area contributed by atoms with Gasteiger partial charge in [-0.3, -0.25) is 19.3 Å². The predicted octanol–water partition coefficient (Wildman–Crippen LogP) is 0.987. The standard InChI is InChI=1S/C24H24N4O7S/c1-13(29)35-11-14-12-36-23-19(22(31)28(23)20(14)24(32)33)26-21(30)17-10-18(27-6-8-34-9-7-27)15-4-2-3-5-16(15)25-17/h2-5,10,19,23H,6-9,11-12H2,1H3,(H,26,30)(H,32,33). The normalized spacial score (nSPS) is 21.6. The van der Waals surface area contributed by atoms with Crippen molar-refractivity contribution < 1.29 is 33.8 Å². The van der Waals surface area contributed by atoms with Gasteiger partial charge in [-0.2, -0.15) is 0 Å². The number of β-lactam (4-membered cyclic amide) rings is 1. The third-order valence-electron chi connectivity index (χ3n) is 6.26. The van der Waals surface area contributed by atoms with E-state index in [2.05, 4.69) is 15.2 Å². The number of fused-ring (bicyclic) bond motifs is 2. The van der Waals surface area contributed by atoms with Gasteiger partial charge in [0.1, 0.15) is 29.4 Å². The van der Waals surface area contributed by atoms with Crippen LogP contribution in [0.25, 0.3) is 10.9 Å². The minimum absolute atomic E-state index is 0.173. The van der Waals surface area contributed by atoms with Gasteiger partial charge in [-0.25, -0.2) is 9.78 Å².